The van der Waals surface area contributed by atoms with Crippen molar-refractivity contribution in [2.45, 2.75) is 44.8 Å². The van der Waals surface area contributed by atoms with E-state index >= 15 is 0 Å². The first-order valence-corrected chi connectivity index (χ1v) is 7.74. The Hall–Kier alpha value is -1.31. The van der Waals surface area contributed by atoms with E-state index in [1.165, 1.54) is 4.90 Å². The minimum Gasteiger partial charge on any atom is -0.338 e. The van der Waals surface area contributed by atoms with E-state index in [0.29, 0.717) is 5.89 Å². The van der Waals surface area contributed by atoms with Crippen LogP contribution in [0.25, 0.3) is 0 Å². The molecule has 8 heteroatoms. The topological polar surface area (TPSA) is 76.3 Å². The van der Waals surface area contributed by atoms with Crippen LogP contribution in [0.4, 0.5) is 4.39 Å². The Morgan fingerprint density at radius 3 is 2.67 bits per heavy atom. The zero-order chi connectivity index (χ0) is 15.8. The van der Waals surface area contributed by atoms with E-state index in [1.54, 1.807) is 0 Å². The lowest BCUT2D eigenvalue weighted by Crippen LogP contribution is -2.41. The van der Waals surface area contributed by atoms with Crippen LogP contribution in [0, 0.1) is 0 Å². The summed E-state index contributed by atoms with van der Waals surface area (Å²) in [5.41, 5.74) is -0.380. The molecule has 2 rings (SSSR count). The SMILES string of the molecule is CC(C)(C)c1nc(C(=O)[C@@H]2C[C@H](F)CN2C(=O)CBr)no1. The summed E-state index contributed by atoms with van der Waals surface area (Å²) in [6, 6.07) is -0.865. The van der Waals surface area contributed by atoms with Gasteiger partial charge in [0, 0.05) is 11.8 Å². The zero-order valence-corrected chi connectivity index (χ0v) is 13.7. The van der Waals surface area contributed by atoms with Crippen LogP contribution in [0.3, 0.4) is 0 Å². The number of Topliss-reactive ketones (excluding diaryl/α,β-unsaturated/α-hetero) is 1. The predicted molar refractivity (Wildman–Crippen MR) is 76.1 cm³/mol. The molecule has 1 aliphatic heterocycles. The van der Waals surface area contributed by atoms with Gasteiger partial charge >= 0.3 is 0 Å². The molecule has 1 aromatic rings. The van der Waals surface area contributed by atoms with Crippen LogP contribution in [0.1, 0.15) is 43.7 Å². The number of ketones is 1. The van der Waals surface area contributed by atoms with E-state index in [9.17, 15) is 14.0 Å². The van der Waals surface area contributed by atoms with Crippen molar-refractivity contribution in [2.24, 2.45) is 0 Å². The van der Waals surface area contributed by atoms with E-state index in [4.69, 9.17) is 4.52 Å². The van der Waals surface area contributed by atoms with Gasteiger partial charge in [-0.05, 0) is 0 Å². The van der Waals surface area contributed by atoms with Gasteiger partial charge in [-0.1, -0.05) is 41.9 Å². The van der Waals surface area contributed by atoms with Gasteiger partial charge in [0.1, 0.15) is 12.2 Å². The highest BCUT2D eigenvalue weighted by Gasteiger charge is 2.41. The second-order valence-corrected chi connectivity index (χ2v) is 6.63. The van der Waals surface area contributed by atoms with Crippen LogP contribution < -0.4 is 0 Å². The van der Waals surface area contributed by atoms with Gasteiger partial charge in [0.05, 0.1) is 11.9 Å². The summed E-state index contributed by atoms with van der Waals surface area (Å²) in [6.07, 6.45) is -1.24. The molecule has 0 saturated carbocycles. The van der Waals surface area contributed by atoms with Gasteiger partial charge < -0.3 is 9.42 Å². The number of likely N-dealkylation sites (tertiary alicyclic amines) is 1. The molecule has 0 aromatic carbocycles. The monoisotopic (exact) mass is 361 g/mol. The summed E-state index contributed by atoms with van der Waals surface area (Å²) in [5.74, 6) is -0.581. The molecule has 1 amide bonds. The fourth-order valence-corrected chi connectivity index (χ4v) is 2.48. The van der Waals surface area contributed by atoms with Crippen molar-refractivity contribution in [3.63, 3.8) is 0 Å². The highest BCUT2D eigenvalue weighted by molar-refractivity contribution is 9.09. The maximum Gasteiger partial charge on any atom is 0.240 e. The van der Waals surface area contributed by atoms with E-state index in [-0.39, 0.29) is 35.4 Å². The van der Waals surface area contributed by atoms with Gasteiger partial charge in [0.25, 0.3) is 0 Å². The van der Waals surface area contributed by atoms with Gasteiger partial charge in [-0.25, -0.2) is 4.39 Å². The minimum atomic E-state index is -1.21. The lowest BCUT2D eigenvalue weighted by Gasteiger charge is -2.21. The Morgan fingerprint density at radius 2 is 2.14 bits per heavy atom. The average molecular weight is 362 g/mol. The van der Waals surface area contributed by atoms with E-state index in [2.05, 4.69) is 26.1 Å². The third kappa shape index (κ3) is 3.30. The molecule has 2 heterocycles. The van der Waals surface area contributed by atoms with Gasteiger partial charge in [-0.15, -0.1) is 0 Å². The molecule has 0 spiro atoms. The zero-order valence-electron chi connectivity index (χ0n) is 12.1. The number of amides is 1. The Kier molecular flexibility index (Phi) is 4.46. The summed E-state index contributed by atoms with van der Waals surface area (Å²) in [6.45, 7) is 5.55. The van der Waals surface area contributed by atoms with Gasteiger partial charge in [-0.2, -0.15) is 4.98 Å². The van der Waals surface area contributed by atoms with Crippen molar-refractivity contribution in [1.29, 1.82) is 0 Å². The number of rotatable bonds is 3. The molecule has 1 aromatic heterocycles. The van der Waals surface area contributed by atoms with E-state index in [0.717, 1.165) is 0 Å². The summed E-state index contributed by atoms with van der Waals surface area (Å²) in [5, 5.41) is 3.71. The molecule has 1 aliphatic rings. The molecular weight excluding hydrogens is 345 g/mol. The maximum atomic E-state index is 13.6. The second-order valence-electron chi connectivity index (χ2n) is 6.07. The van der Waals surface area contributed by atoms with Crippen molar-refractivity contribution in [3.05, 3.63) is 11.7 Å². The molecule has 0 aliphatic carbocycles. The Labute approximate surface area is 130 Å². The predicted octanol–water partition coefficient (Wildman–Crippen LogP) is 1.88. The number of aromatic nitrogens is 2. The summed E-state index contributed by atoms with van der Waals surface area (Å²) >= 11 is 3.03. The molecule has 21 heavy (non-hydrogen) atoms. The molecule has 0 unspecified atom stereocenters. The fraction of sp³-hybridized carbons (Fsp3) is 0.692. The lowest BCUT2D eigenvalue weighted by atomic mass is 9.97. The van der Waals surface area contributed by atoms with Crippen LogP contribution in [0.5, 0.6) is 0 Å². The second kappa shape index (κ2) is 5.82. The molecule has 1 fully saturated rings. The maximum absolute atomic E-state index is 13.6. The molecule has 6 nitrogen and oxygen atoms in total. The summed E-state index contributed by atoms with van der Waals surface area (Å²) < 4.78 is 18.6. The molecule has 1 saturated heterocycles. The van der Waals surface area contributed by atoms with Crippen molar-refractivity contribution >= 4 is 27.6 Å². The Bertz CT molecular complexity index is 555. The number of halogens is 2. The Balaban J connectivity index is 2.22. The minimum absolute atomic E-state index is 0.0308. The summed E-state index contributed by atoms with van der Waals surface area (Å²) in [7, 11) is 0. The Morgan fingerprint density at radius 1 is 1.48 bits per heavy atom. The van der Waals surface area contributed by atoms with Crippen molar-refractivity contribution in [3.8, 4) is 0 Å². The van der Waals surface area contributed by atoms with Gasteiger partial charge in [0.15, 0.2) is 0 Å². The first kappa shape index (κ1) is 16.1. The van der Waals surface area contributed by atoms with Gasteiger partial charge in [0.2, 0.25) is 23.4 Å². The normalized spacial score (nSPS) is 22.6. The third-order valence-corrected chi connectivity index (χ3v) is 3.76. The number of nitrogens with zero attached hydrogens (tertiary/aromatic N) is 3. The molecular formula is C13H17BrFN3O3. The van der Waals surface area contributed by atoms with E-state index in [1.807, 2.05) is 20.8 Å². The van der Waals surface area contributed by atoms with Crippen molar-refractivity contribution < 1.29 is 18.5 Å². The van der Waals surface area contributed by atoms with Crippen molar-refractivity contribution in [2.75, 3.05) is 11.9 Å². The highest BCUT2D eigenvalue weighted by atomic mass is 79.9. The quantitative estimate of drug-likeness (QED) is 0.606. The number of alkyl halides is 2. The lowest BCUT2D eigenvalue weighted by molar-refractivity contribution is -0.128. The van der Waals surface area contributed by atoms with Crippen LogP contribution in [0.2, 0.25) is 0 Å². The average Bonchev–Trinajstić information content (AvgIpc) is 3.02. The van der Waals surface area contributed by atoms with Crippen molar-refractivity contribution in [1.82, 2.24) is 15.0 Å². The number of hydrogen-bond acceptors (Lipinski definition) is 5. The highest BCUT2D eigenvalue weighted by Crippen LogP contribution is 2.25. The standard InChI is InChI=1S/C13H17BrFN3O3/c1-13(2,3)12-16-11(17-21-12)10(20)8-4-7(15)6-18(8)9(19)5-14/h7-8H,4-6H2,1-3H3/t7-,8-/m0/s1. The summed E-state index contributed by atoms with van der Waals surface area (Å²) in [4.78, 5) is 29.5. The first-order valence-electron chi connectivity index (χ1n) is 6.62. The van der Waals surface area contributed by atoms with Crippen LogP contribution >= 0.6 is 15.9 Å². The fourth-order valence-electron chi connectivity index (χ4n) is 2.16. The van der Waals surface area contributed by atoms with E-state index < -0.39 is 18.0 Å². The first-order chi connectivity index (χ1) is 9.74. The molecule has 2 atom stereocenters. The number of carbonyl (C=O) groups is 2. The smallest absolute Gasteiger partial charge is 0.240 e. The van der Waals surface area contributed by atoms with Crippen LogP contribution in [0.15, 0.2) is 4.52 Å². The number of hydrogen-bond donors (Lipinski definition) is 0. The molecule has 0 N–H and O–H groups in total. The molecule has 0 radical (unpaired) electrons. The van der Waals surface area contributed by atoms with Crippen LogP contribution in [-0.4, -0.2) is 50.8 Å². The number of carbonyl (C=O) groups excluding carboxylic acids is 2. The molecule has 116 valence electrons. The van der Waals surface area contributed by atoms with Crippen LogP contribution in [-0.2, 0) is 10.2 Å². The molecule has 0 bridgehead atoms. The largest absolute Gasteiger partial charge is 0.338 e. The van der Waals surface area contributed by atoms with Gasteiger partial charge in [-0.3, -0.25) is 9.59 Å². The third-order valence-electron chi connectivity index (χ3n) is 3.28.